The number of aryl methyl sites for hydroxylation is 1. The van der Waals surface area contributed by atoms with E-state index in [1.165, 1.54) is 18.2 Å². The van der Waals surface area contributed by atoms with E-state index in [4.69, 9.17) is 0 Å². The summed E-state index contributed by atoms with van der Waals surface area (Å²) in [5, 5.41) is 9.63. The molecule has 1 aromatic heterocycles. The van der Waals surface area contributed by atoms with Gasteiger partial charge in [-0.15, -0.1) is 0 Å². The number of fused-ring (bicyclic) bond motifs is 1. The third-order valence-corrected chi connectivity index (χ3v) is 5.33. The van der Waals surface area contributed by atoms with Crippen molar-refractivity contribution in [2.75, 3.05) is 13.2 Å². The van der Waals surface area contributed by atoms with Gasteiger partial charge in [-0.1, -0.05) is 0 Å². The average Bonchev–Trinajstić information content (AvgIpc) is 2.99. The van der Waals surface area contributed by atoms with Gasteiger partial charge in [0.05, 0.1) is 18.2 Å². The normalized spacial score (nSPS) is 16.4. The Morgan fingerprint density at radius 2 is 1.89 bits per heavy atom. The number of likely N-dealkylation sites (tertiary alicyclic amines) is 1. The summed E-state index contributed by atoms with van der Waals surface area (Å²) in [5.41, 5.74) is 1.92. The third-order valence-electron chi connectivity index (χ3n) is 5.33. The molecule has 4 nitrogen and oxygen atoms in total. The minimum atomic E-state index is -0.723. The predicted molar refractivity (Wildman–Crippen MR) is 99.1 cm³/mol. The maximum atomic E-state index is 14.3. The molecule has 0 unspecified atom stereocenters. The molecule has 1 fully saturated rings. The maximum Gasteiger partial charge on any atom is 0.223 e. The zero-order valence-corrected chi connectivity index (χ0v) is 15.0. The van der Waals surface area contributed by atoms with E-state index in [-0.39, 0.29) is 36.9 Å². The fraction of sp³-hybridized carbons (Fsp3) is 0.286. The van der Waals surface area contributed by atoms with Crippen LogP contribution in [-0.4, -0.2) is 40.1 Å². The van der Waals surface area contributed by atoms with E-state index in [1.807, 2.05) is 0 Å². The van der Waals surface area contributed by atoms with Crippen LogP contribution in [0, 0.1) is 17.5 Å². The van der Waals surface area contributed by atoms with Gasteiger partial charge in [0, 0.05) is 30.1 Å². The number of hydrogen-bond donors (Lipinski definition) is 2. The first-order valence-electron chi connectivity index (χ1n) is 9.14. The van der Waals surface area contributed by atoms with E-state index in [9.17, 15) is 23.1 Å². The lowest BCUT2D eigenvalue weighted by Crippen LogP contribution is -2.52. The Morgan fingerprint density at radius 3 is 2.54 bits per heavy atom. The second kappa shape index (κ2) is 7.31. The van der Waals surface area contributed by atoms with Crippen LogP contribution >= 0.6 is 0 Å². The van der Waals surface area contributed by atoms with Crippen molar-refractivity contribution in [2.24, 2.45) is 0 Å². The number of benzene rings is 2. The molecule has 2 heterocycles. The number of rotatable bonds is 5. The number of aromatic amines is 1. The quantitative estimate of drug-likeness (QED) is 0.699. The summed E-state index contributed by atoms with van der Waals surface area (Å²) >= 11 is 0. The minimum absolute atomic E-state index is 0.0733. The highest BCUT2D eigenvalue weighted by Crippen LogP contribution is 2.33. The van der Waals surface area contributed by atoms with E-state index < -0.39 is 17.5 Å². The molecular weight excluding hydrogens is 369 g/mol. The molecular formula is C21H19F3N2O2. The molecule has 7 heteroatoms. The summed E-state index contributed by atoms with van der Waals surface area (Å²) in [6, 6.07) is 7.57. The lowest BCUT2D eigenvalue weighted by Gasteiger charge is -2.40. The minimum Gasteiger partial charge on any atom is -0.394 e. The zero-order chi connectivity index (χ0) is 19.8. The Kier molecular flexibility index (Phi) is 4.85. The Bertz CT molecular complexity index is 1030. The molecule has 0 bridgehead atoms. The van der Waals surface area contributed by atoms with Crippen LogP contribution in [0.15, 0.2) is 36.4 Å². The van der Waals surface area contributed by atoms with E-state index in [0.717, 1.165) is 12.5 Å². The van der Waals surface area contributed by atoms with Gasteiger partial charge in [0.1, 0.15) is 17.5 Å². The highest BCUT2D eigenvalue weighted by molar-refractivity contribution is 5.92. The number of carbonyl (C=O) groups is 1. The first-order chi connectivity index (χ1) is 13.5. The molecule has 1 aliphatic heterocycles. The van der Waals surface area contributed by atoms with Crippen molar-refractivity contribution in [3.63, 3.8) is 0 Å². The van der Waals surface area contributed by atoms with E-state index in [2.05, 4.69) is 4.98 Å². The molecule has 0 aliphatic carbocycles. The number of nitrogens with zero attached hydrogens (tertiary/aromatic N) is 1. The monoisotopic (exact) mass is 388 g/mol. The van der Waals surface area contributed by atoms with Crippen LogP contribution in [0.3, 0.4) is 0 Å². The number of aliphatic hydroxyl groups is 1. The zero-order valence-electron chi connectivity index (χ0n) is 15.0. The average molecular weight is 388 g/mol. The Hall–Kier alpha value is -2.80. The van der Waals surface area contributed by atoms with Gasteiger partial charge in [-0.05, 0) is 54.3 Å². The Morgan fingerprint density at radius 1 is 1.14 bits per heavy atom. The van der Waals surface area contributed by atoms with Crippen molar-refractivity contribution in [2.45, 2.75) is 25.3 Å². The highest BCUT2D eigenvalue weighted by Gasteiger charge is 2.31. The number of H-pyrrole nitrogens is 1. The molecule has 1 amide bonds. The number of amides is 1. The van der Waals surface area contributed by atoms with Gasteiger partial charge in [-0.3, -0.25) is 4.79 Å². The number of aromatic nitrogens is 1. The van der Waals surface area contributed by atoms with Gasteiger partial charge in [-0.2, -0.15) is 0 Å². The van der Waals surface area contributed by atoms with Crippen LogP contribution in [0.2, 0.25) is 0 Å². The van der Waals surface area contributed by atoms with Gasteiger partial charge in [0.2, 0.25) is 5.91 Å². The maximum absolute atomic E-state index is 14.3. The molecule has 1 atom stereocenters. The van der Waals surface area contributed by atoms with Gasteiger partial charge in [-0.25, -0.2) is 13.2 Å². The predicted octanol–water partition coefficient (Wildman–Crippen LogP) is 3.78. The summed E-state index contributed by atoms with van der Waals surface area (Å²) in [4.78, 5) is 17.0. The third kappa shape index (κ3) is 3.26. The summed E-state index contributed by atoms with van der Waals surface area (Å²) in [5.74, 6) is -1.94. The molecule has 3 aromatic rings. The van der Waals surface area contributed by atoms with E-state index in [0.29, 0.717) is 28.8 Å². The Balaban J connectivity index is 1.71. The molecule has 0 radical (unpaired) electrons. The topological polar surface area (TPSA) is 56.3 Å². The molecule has 0 saturated carbocycles. The largest absolute Gasteiger partial charge is 0.394 e. The van der Waals surface area contributed by atoms with Gasteiger partial charge < -0.3 is 15.0 Å². The summed E-state index contributed by atoms with van der Waals surface area (Å²) < 4.78 is 41.4. The molecule has 2 N–H and O–H groups in total. The molecule has 0 spiro atoms. The number of halogens is 3. The van der Waals surface area contributed by atoms with Crippen LogP contribution in [0.1, 0.15) is 18.4 Å². The summed E-state index contributed by atoms with van der Waals surface area (Å²) in [7, 11) is 0. The first kappa shape index (κ1) is 18.6. The lowest BCUT2D eigenvalue weighted by atomic mass is 9.98. The molecule has 146 valence electrons. The van der Waals surface area contributed by atoms with Crippen molar-refractivity contribution in [3.05, 3.63) is 59.4 Å². The molecule has 4 rings (SSSR count). The molecule has 1 aliphatic rings. The fourth-order valence-electron chi connectivity index (χ4n) is 3.73. The Labute approximate surface area is 159 Å². The number of aliphatic hydroxyl groups excluding tert-OH is 1. The van der Waals surface area contributed by atoms with Crippen LogP contribution in [-0.2, 0) is 11.2 Å². The van der Waals surface area contributed by atoms with E-state index in [1.54, 1.807) is 17.0 Å². The molecule has 28 heavy (non-hydrogen) atoms. The van der Waals surface area contributed by atoms with Crippen molar-refractivity contribution in [1.82, 2.24) is 9.88 Å². The first-order valence-corrected chi connectivity index (χ1v) is 9.14. The lowest BCUT2D eigenvalue weighted by molar-refractivity contribution is -0.140. The SMILES string of the molecule is O=C(CCc1c(-c2ccc(F)cc2)[nH]c2c(F)cc(F)cc12)N1CC[C@@H]1CO. The van der Waals surface area contributed by atoms with Crippen molar-refractivity contribution >= 4 is 16.8 Å². The fourth-order valence-corrected chi connectivity index (χ4v) is 3.73. The summed E-state index contributed by atoms with van der Waals surface area (Å²) in [6.45, 7) is 0.530. The van der Waals surface area contributed by atoms with Crippen molar-refractivity contribution in [3.8, 4) is 11.3 Å². The molecule has 1 saturated heterocycles. The highest BCUT2D eigenvalue weighted by atomic mass is 19.1. The van der Waals surface area contributed by atoms with Crippen molar-refractivity contribution < 1.29 is 23.1 Å². The van der Waals surface area contributed by atoms with Crippen LogP contribution in [0.25, 0.3) is 22.2 Å². The second-order valence-corrected chi connectivity index (χ2v) is 7.01. The second-order valence-electron chi connectivity index (χ2n) is 7.01. The number of hydrogen-bond acceptors (Lipinski definition) is 2. The van der Waals surface area contributed by atoms with Gasteiger partial charge >= 0.3 is 0 Å². The van der Waals surface area contributed by atoms with E-state index >= 15 is 0 Å². The van der Waals surface area contributed by atoms with Crippen LogP contribution < -0.4 is 0 Å². The number of carbonyl (C=O) groups excluding carboxylic acids is 1. The standard InChI is InChI=1S/C21H19F3N2O2/c22-13-3-1-12(2-4-13)20-16(5-6-19(28)26-8-7-15(26)11-27)17-9-14(23)10-18(24)21(17)25-20/h1-4,9-10,15,25,27H,5-8,11H2/t15-/m1/s1. The molecule has 2 aromatic carbocycles. The number of nitrogens with one attached hydrogen (secondary N) is 1. The summed E-state index contributed by atoms with van der Waals surface area (Å²) in [6.07, 6.45) is 1.19. The van der Waals surface area contributed by atoms with Crippen LogP contribution in [0.5, 0.6) is 0 Å². The van der Waals surface area contributed by atoms with Gasteiger partial charge in [0.15, 0.2) is 0 Å². The van der Waals surface area contributed by atoms with Crippen molar-refractivity contribution in [1.29, 1.82) is 0 Å². The van der Waals surface area contributed by atoms with Crippen LogP contribution in [0.4, 0.5) is 13.2 Å². The van der Waals surface area contributed by atoms with Gasteiger partial charge in [0.25, 0.3) is 0 Å². The smallest absolute Gasteiger partial charge is 0.223 e.